The summed E-state index contributed by atoms with van der Waals surface area (Å²) in [5, 5.41) is 39.3. The van der Waals surface area contributed by atoms with Gasteiger partial charge in [-0.05, 0) is 31.6 Å². The summed E-state index contributed by atoms with van der Waals surface area (Å²) in [7, 11) is 0. The monoisotopic (exact) mass is 370 g/mol. The van der Waals surface area contributed by atoms with E-state index >= 15 is 0 Å². The maximum atomic E-state index is 10.6. The Kier molecular flexibility index (Phi) is 8.54. The van der Waals surface area contributed by atoms with E-state index in [1.165, 1.54) is 0 Å². The van der Waals surface area contributed by atoms with Gasteiger partial charge < -0.3 is 25.2 Å². The zero-order chi connectivity index (χ0) is 19.1. The molecule has 2 rings (SSSR count). The SMILES string of the molecule is CCCCC[C@H](O)/C=C/[C@@H]1[C@H]2C[C@@H]([C@H](O)CCCC(=O)O)O[C@H]2C[C@H]1O. The summed E-state index contributed by atoms with van der Waals surface area (Å²) >= 11 is 0. The van der Waals surface area contributed by atoms with E-state index in [9.17, 15) is 20.1 Å². The van der Waals surface area contributed by atoms with Gasteiger partial charge in [-0.1, -0.05) is 38.3 Å². The smallest absolute Gasteiger partial charge is 0.303 e. The number of carboxylic acid groups (broad SMARTS) is 1. The molecular weight excluding hydrogens is 336 g/mol. The number of fused-ring (bicyclic) bond motifs is 1. The van der Waals surface area contributed by atoms with Crippen molar-refractivity contribution in [3.63, 3.8) is 0 Å². The molecule has 0 aromatic carbocycles. The van der Waals surface area contributed by atoms with Gasteiger partial charge in [-0.25, -0.2) is 0 Å². The Morgan fingerprint density at radius 1 is 1.19 bits per heavy atom. The van der Waals surface area contributed by atoms with Crippen LogP contribution in [-0.4, -0.2) is 56.9 Å². The van der Waals surface area contributed by atoms with Crippen LogP contribution >= 0.6 is 0 Å². The highest BCUT2D eigenvalue weighted by Gasteiger charge is 2.49. The van der Waals surface area contributed by atoms with Crippen molar-refractivity contribution < 1.29 is 30.0 Å². The number of aliphatic carboxylic acids is 1. The number of carbonyl (C=O) groups is 1. The number of aliphatic hydroxyl groups excluding tert-OH is 3. The first-order valence-electron chi connectivity index (χ1n) is 10.0. The second-order valence-electron chi connectivity index (χ2n) is 7.79. The second-order valence-corrected chi connectivity index (χ2v) is 7.79. The number of ether oxygens (including phenoxy) is 1. The summed E-state index contributed by atoms with van der Waals surface area (Å²) in [6.07, 6.45) is 7.80. The third kappa shape index (κ3) is 6.05. The molecule has 7 atom stereocenters. The summed E-state index contributed by atoms with van der Waals surface area (Å²) in [5.74, 6) is -0.771. The fourth-order valence-corrected chi connectivity index (χ4v) is 4.24. The number of carboxylic acids is 1. The number of hydrogen-bond acceptors (Lipinski definition) is 5. The van der Waals surface area contributed by atoms with Crippen LogP contribution in [0.1, 0.15) is 64.7 Å². The molecule has 0 spiro atoms. The van der Waals surface area contributed by atoms with Crippen LogP contribution in [0.5, 0.6) is 0 Å². The highest BCUT2D eigenvalue weighted by atomic mass is 16.5. The first-order chi connectivity index (χ1) is 12.4. The lowest BCUT2D eigenvalue weighted by atomic mass is 9.88. The van der Waals surface area contributed by atoms with Gasteiger partial charge in [0.1, 0.15) is 0 Å². The second kappa shape index (κ2) is 10.4. The fraction of sp³-hybridized carbons (Fsp3) is 0.850. The maximum Gasteiger partial charge on any atom is 0.303 e. The molecule has 1 heterocycles. The third-order valence-corrected chi connectivity index (χ3v) is 5.72. The van der Waals surface area contributed by atoms with Crippen molar-refractivity contribution in [3.05, 3.63) is 12.2 Å². The molecule has 4 N–H and O–H groups in total. The largest absolute Gasteiger partial charge is 0.481 e. The van der Waals surface area contributed by atoms with Gasteiger partial charge in [0, 0.05) is 18.8 Å². The minimum Gasteiger partial charge on any atom is -0.481 e. The summed E-state index contributed by atoms with van der Waals surface area (Å²) in [4.78, 5) is 10.6. The highest BCUT2D eigenvalue weighted by molar-refractivity contribution is 5.66. The van der Waals surface area contributed by atoms with Gasteiger partial charge in [0.15, 0.2) is 0 Å². The Balaban J connectivity index is 1.82. The normalized spacial score (nSPS) is 33.5. The van der Waals surface area contributed by atoms with Crippen molar-refractivity contribution >= 4 is 5.97 Å². The standard InChI is InChI=1S/C20H34O6/c1-2-3-4-6-13(21)9-10-14-15-11-19(26-18(15)12-17(14)23)16(22)7-5-8-20(24)25/h9-10,13-19,21-23H,2-8,11-12H2,1H3,(H,24,25)/b10-9+/t13-,14+,15+,16+,17+,18-,19-/m0/s1. The van der Waals surface area contributed by atoms with Gasteiger partial charge in [-0.15, -0.1) is 0 Å². The van der Waals surface area contributed by atoms with Gasteiger partial charge in [-0.2, -0.15) is 0 Å². The first-order valence-corrected chi connectivity index (χ1v) is 10.0. The van der Waals surface area contributed by atoms with Crippen molar-refractivity contribution in [3.8, 4) is 0 Å². The molecule has 6 heteroatoms. The van der Waals surface area contributed by atoms with Crippen molar-refractivity contribution in [1.82, 2.24) is 0 Å². The minimum absolute atomic E-state index is 0.0522. The lowest BCUT2D eigenvalue weighted by molar-refractivity contribution is -0.137. The molecule has 0 radical (unpaired) electrons. The molecular formula is C20H34O6. The Morgan fingerprint density at radius 2 is 1.96 bits per heavy atom. The molecule has 1 saturated heterocycles. The van der Waals surface area contributed by atoms with Crippen LogP contribution < -0.4 is 0 Å². The minimum atomic E-state index is -0.854. The van der Waals surface area contributed by atoms with Crippen molar-refractivity contribution in [2.45, 2.75) is 95.2 Å². The molecule has 1 aliphatic heterocycles. The summed E-state index contributed by atoms with van der Waals surface area (Å²) in [6, 6.07) is 0. The van der Waals surface area contributed by atoms with Crippen molar-refractivity contribution in [2.24, 2.45) is 11.8 Å². The van der Waals surface area contributed by atoms with E-state index in [4.69, 9.17) is 9.84 Å². The molecule has 0 aromatic heterocycles. The Bertz CT molecular complexity index is 465. The molecule has 2 aliphatic rings. The summed E-state index contributed by atoms with van der Waals surface area (Å²) in [6.45, 7) is 2.13. The molecule has 0 bridgehead atoms. The number of unbranched alkanes of at least 4 members (excludes halogenated alkanes) is 2. The van der Waals surface area contributed by atoms with Gasteiger partial charge in [0.25, 0.3) is 0 Å². The van der Waals surface area contributed by atoms with Gasteiger partial charge in [0.05, 0.1) is 30.5 Å². The molecule has 2 fully saturated rings. The molecule has 1 saturated carbocycles. The van der Waals surface area contributed by atoms with E-state index in [0.29, 0.717) is 25.7 Å². The van der Waals surface area contributed by atoms with Crippen LogP contribution in [0.2, 0.25) is 0 Å². The predicted molar refractivity (Wildman–Crippen MR) is 97.7 cm³/mol. The van der Waals surface area contributed by atoms with E-state index in [1.807, 2.05) is 6.08 Å². The zero-order valence-corrected chi connectivity index (χ0v) is 15.7. The molecule has 150 valence electrons. The summed E-state index contributed by atoms with van der Waals surface area (Å²) < 4.78 is 5.94. The fourth-order valence-electron chi connectivity index (χ4n) is 4.24. The lowest BCUT2D eigenvalue weighted by Gasteiger charge is -2.21. The third-order valence-electron chi connectivity index (χ3n) is 5.72. The van der Waals surface area contributed by atoms with E-state index in [0.717, 1.165) is 25.7 Å². The molecule has 0 amide bonds. The predicted octanol–water partition coefficient (Wildman–Crippen LogP) is 2.25. The van der Waals surface area contributed by atoms with Gasteiger partial charge in [-0.3, -0.25) is 4.79 Å². The zero-order valence-electron chi connectivity index (χ0n) is 15.7. The van der Waals surface area contributed by atoms with Crippen LogP contribution in [0.4, 0.5) is 0 Å². The number of aliphatic hydroxyl groups is 3. The van der Waals surface area contributed by atoms with Crippen molar-refractivity contribution in [1.29, 1.82) is 0 Å². The van der Waals surface area contributed by atoms with Crippen LogP contribution in [0.25, 0.3) is 0 Å². The quantitative estimate of drug-likeness (QED) is 0.328. The average Bonchev–Trinajstić information content (AvgIpc) is 3.10. The van der Waals surface area contributed by atoms with Crippen LogP contribution in [0.15, 0.2) is 12.2 Å². The topological polar surface area (TPSA) is 107 Å². The lowest BCUT2D eigenvalue weighted by Crippen LogP contribution is -2.28. The molecule has 26 heavy (non-hydrogen) atoms. The summed E-state index contributed by atoms with van der Waals surface area (Å²) in [5.41, 5.74) is 0. The van der Waals surface area contributed by atoms with Crippen LogP contribution in [-0.2, 0) is 9.53 Å². The van der Waals surface area contributed by atoms with Crippen LogP contribution in [0, 0.1) is 11.8 Å². The van der Waals surface area contributed by atoms with Gasteiger partial charge in [0.2, 0.25) is 0 Å². The Labute approximate surface area is 155 Å². The Morgan fingerprint density at radius 3 is 2.65 bits per heavy atom. The van der Waals surface area contributed by atoms with Crippen LogP contribution in [0.3, 0.4) is 0 Å². The highest BCUT2D eigenvalue weighted by Crippen LogP contribution is 2.45. The molecule has 6 nitrogen and oxygen atoms in total. The number of rotatable bonds is 11. The maximum absolute atomic E-state index is 10.6. The average molecular weight is 370 g/mol. The molecule has 0 unspecified atom stereocenters. The van der Waals surface area contributed by atoms with E-state index < -0.39 is 24.3 Å². The Hall–Kier alpha value is -0.950. The van der Waals surface area contributed by atoms with E-state index in [1.54, 1.807) is 6.08 Å². The van der Waals surface area contributed by atoms with E-state index in [-0.39, 0.29) is 30.5 Å². The first kappa shape index (κ1) is 21.4. The number of hydrogen-bond donors (Lipinski definition) is 4. The van der Waals surface area contributed by atoms with E-state index in [2.05, 4.69) is 6.92 Å². The molecule has 1 aliphatic carbocycles. The molecule has 0 aromatic rings. The van der Waals surface area contributed by atoms with Crippen molar-refractivity contribution in [2.75, 3.05) is 0 Å². The van der Waals surface area contributed by atoms with Gasteiger partial charge >= 0.3 is 5.97 Å².